The minimum atomic E-state index is -0.637. The molecule has 6 heteroatoms. The molecule has 4 rings (SSSR count). The highest BCUT2D eigenvalue weighted by Crippen LogP contribution is 2.40. The number of aromatic nitrogens is 1. The third kappa shape index (κ3) is 2.80. The minimum absolute atomic E-state index is 0.0451. The predicted molar refractivity (Wildman–Crippen MR) is 101 cm³/mol. The summed E-state index contributed by atoms with van der Waals surface area (Å²) < 4.78 is 28.9. The van der Waals surface area contributed by atoms with Crippen LogP contribution >= 0.6 is 0 Å². The van der Waals surface area contributed by atoms with Crippen LogP contribution in [0.5, 0.6) is 0 Å². The highest BCUT2D eigenvalue weighted by molar-refractivity contribution is 6.10. The van der Waals surface area contributed by atoms with E-state index >= 15 is 0 Å². The average molecular weight is 369 g/mol. The van der Waals surface area contributed by atoms with Gasteiger partial charge in [-0.05, 0) is 61.4 Å². The number of amides is 1. The van der Waals surface area contributed by atoms with Crippen molar-refractivity contribution >= 4 is 16.8 Å². The number of primary amides is 1. The lowest BCUT2D eigenvalue weighted by atomic mass is 9.82. The molecule has 0 radical (unpaired) electrons. The first-order chi connectivity index (χ1) is 12.9. The van der Waals surface area contributed by atoms with Gasteiger partial charge < -0.3 is 16.5 Å². The van der Waals surface area contributed by atoms with Crippen LogP contribution in [0, 0.1) is 17.6 Å². The molecule has 0 fully saturated rings. The number of nitrogens with two attached hydrogens (primary N) is 2. The molecule has 1 amide bonds. The molecule has 0 saturated heterocycles. The Kier molecular flexibility index (Phi) is 4.23. The Bertz CT molecular complexity index is 1040. The lowest BCUT2D eigenvalue weighted by molar-refractivity contribution is 0.100. The summed E-state index contributed by atoms with van der Waals surface area (Å²) in [6.07, 6.45) is 2.35. The van der Waals surface area contributed by atoms with Crippen LogP contribution in [0.4, 0.5) is 8.78 Å². The molecule has 1 aliphatic carbocycles. The van der Waals surface area contributed by atoms with Crippen LogP contribution in [-0.2, 0) is 12.8 Å². The SMILES string of the molecule is CC(N)C1CCc2c([nH]c3c(C(N)=O)ccc(-c4c(F)cccc4F)c23)C1. The fourth-order valence-corrected chi connectivity index (χ4v) is 4.18. The van der Waals surface area contributed by atoms with Crippen molar-refractivity contribution < 1.29 is 13.6 Å². The van der Waals surface area contributed by atoms with Gasteiger partial charge in [-0.15, -0.1) is 0 Å². The molecular formula is C21H21F2N3O. The maximum Gasteiger partial charge on any atom is 0.250 e. The number of halogens is 2. The fourth-order valence-electron chi connectivity index (χ4n) is 4.18. The molecule has 4 nitrogen and oxygen atoms in total. The molecule has 2 aromatic carbocycles. The van der Waals surface area contributed by atoms with Gasteiger partial charge in [0.05, 0.1) is 16.6 Å². The number of rotatable bonds is 3. The minimum Gasteiger partial charge on any atom is -0.366 e. The normalized spacial score (nSPS) is 17.7. The second-order valence-corrected chi connectivity index (χ2v) is 7.32. The Balaban J connectivity index is 2.02. The van der Waals surface area contributed by atoms with Crippen molar-refractivity contribution in [2.45, 2.75) is 32.2 Å². The van der Waals surface area contributed by atoms with Crippen LogP contribution in [0.25, 0.3) is 22.0 Å². The summed E-state index contributed by atoms with van der Waals surface area (Å²) in [7, 11) is 0. The summed E-state index contributed by atoms with van der Waals surface area (Å²) >= 11 is 0. The molecule has 27 heavy (non-hydrogen) atoms. The molecule has 0 bridgehead atoms. The van der Waals surface area contributed by atoms with Gasteiger partial charge in [-0.3, -0.25) is 4.79 Å². The Hall–Kier alpha value is -2.73. The van der Waals surface area contributed by atoms with Gasteiger partial charge in [0.15, 0.2) is 0 Å². The van der Waals surface area contributed by atoms with E-state index in [0.29, 0.717) is 27.9 Å². The van der Waals surface area contributed by atoms with Gasteiger partial charge in [-0.2, -0.15) is 0 Å². The zero-order valence-electron chi connectivity index (χ0n) is 15.0. The number of nitrogens with one attached hydrogen (secondary N) is 1. The van der Waals surface area contributed by atoms with Gasteiger partial charge in [0.1, 0.15) is 11.6 Å². The van der Waals surface area contributed by atoms with Crippen molar-refractivity contribution in [3.05, 3.63) is 58.8 Å². The van der Waals surface area contributed by atoms with Crippen LogP contribution in [0.15, 0.2) is 30.3 Å². The standard InChI is InChI=1S/C21H21F2N3O/c1-10(24)11-5-6-12-17(9-11)26-20-14(21(25)27)8-7-13(18(12)20)19-15(22)3-2-4-16(19)23/h2-4,7-8,10-11,26H,5-6,9,24H2,1H3,(H2,25,27). The average Bonchev–Trinajstić information content (AvgIpc) is 2.99. The zero-order chi connectivity index (χ0) is 19.3. The van der Waals surface area contributed by atoms with E-state index in [0.717, 1.165) is 30.5 Å². The summed E-state index contributed by atoms with van der Waals surface area (Å²) in [6.45, 7) is 1.98. The highest BCUT2D eigenvalue weighted by Gasteiger charge is 2.28. The zero-order valence-corrected chi connectivity index (χ0v) is 15.0. The first-order valence-corrected chi connectivity index (χ1v) is 9.04. The van der Waals surface area contributed by atoms with Crippen LogP contribution < -0.4 is 11.5 Å². The van der Waals surface area contributed by atoms with Gasteiger partial charge in [0.2, 0.25) is 0 Å². The smallest absolute Gasteiger partial charge is 0.250 e. The van der Waals surface area contributed by atoms with Gasteiger partial charge in [-0.25, -0.2) is 8.78 Å². The quantitative estimate of drug-likeness (QED) is 0.658. The van der Waals surface area contributed by atoms with Crippen molar-refractivity contribution in [3.63, 3.8) is 0 Å². The summed E-state index contributed by atoms with van der Waals surface area (Å²) in [5.41, 5.74) is 14.8. The first-order valence-electron chi connectivity index (χ1n) is 9.04. The molecule has 2 atom stereocenters. The van der Waals surface area contributed by atoms with Gasteiger partial charge in [0, 0.05) is 17.1 Å². The van der Waals surface area contributed by atoms with Crippen LogP contribution in [0.1, 0.15) is 35.0 Å². The molecule has 0 saturated carbocycles. The van der Waals surface area contributed by atoms with Crippen molar-refractivity contribution in [1.29, 1.82) is 0 Å². The van der Waals surface area contributed by atoms with E-state index in [4.69, 9.17) is 11.5 Å². The van der Waals surface area contributed by atoms with Crippen molar-refractivity contribution in [2.75, 3.05) is 0 Å². The third-order valence-corrected chi connectivity index (χ3v) is 5.62. The molecule has 2 unspecified atom stereocenters. The summed E-state index contributed by atoms with van der Waals surface area (Å²) in [5.74, 6) is -1.54. The van der Waals surface area contributed by atoms with Crippen LogP contribution in [0.3, 0.4) is 0 Å². The summed E-state index contributed by atoms with van der Waals surface area (Å²) in [4.78, 5) is 15.2. The molecule has 1 aromatic heterocycles. The number of hydrogen-bond donors (Lipinski definition) is 3. The molecule has 5 N–H and O–H groups in total. The van der Waals surface area contributed by atoms with E-state index in [1.54, 1.807) is 6.07 Å². The summed E-state index contributed by atoms with van der Waals surface area (Å²) in [5, 5.41) is 0.674. The van der Waals surface area contributed by atoms with E-state index in [1.807, 2.05) is 6.92 Å². The van der Waals surface area contributed by atoms with Gasteiger partial charge in [-0.1, -0.05) is 12.1 Å². The molecule has 1 aliphatic rings. The van der Waals surface area contributed by atoms with E-state index < -0.39 is 17.5 Å². The predicted octanol–water partition coefficient (Wildman–Crippen LogP) is 3.66. The van der Waals surface area contributed by atoms with E-state index in [-0.39, 0.29) is 11.6 Å². The second-order valence-electron chi connectivity index (χ2n) is 7.32. The van der Waals surface area contributed by atoms with Crippen LogP contribution in [0.2, 0.25) is 0 Å². The van der Waals surface area contributed by atoms with E-state index in [1.165, 1.54) is 24.3 Å². The number of carbonyl (C=O) groups is 1. The lowest BCUT2D eigenvalue weighted by Crippen LogP contribution is -2.31. The third-order valence-electron chi connectivity index (χ3n) is 5.62. The highest BCUT2D eigenvalue weighted by atomic mass is 19.1. The maximum absolute atomic E-state index is 14.5. The first kappa shape index (κ1) is 17.7. The van der Waals surface area contributed by atoms with Crippen LogP contribution in [-0.4, -0.2) is 16.9 Å². The van der Waals surface area contributed by atoms with Crippen molar-refractivity contribution in [2.24, 2.45) is 17.4 Å². The van der Waals surface area contributed by atoms with Gasteiger partial charge >= 0.3 is 0 Å². The Morgan fingerprint density at radius 2 is 1.93 bits per heavy atom. The number of carbonyl (C=O) groups excluding carboxylic acids is 1. The fraction of sp³-hybridized carbons (Fsp3) is 0.286. The maximum atomic E-state index is 14.5. The lowest BCUT2D eigenvalue weighted by Gasteiger charge is -2.25. The Morgan fingerprint density at radius 1 is 1.22 bits per heavy atom. The summed E-state index contributed by atoms with van der Waals surface area (Å²) in [6, 6.07) is 6.95. The Morgan fingerprint density at radius 3 is 2.56 bits per heavy atom. The van der Waals surface area contributed by atoms with E-state index in [9.17, 15) is 13.6 Å². The van der Waals surface area contributed by atoms with Crippen molar-refractivity contribution in [3.8, 4) is 11.1 Å². The van der Waals surface area contributed by atoms with Gasteiger partial charge in [0.25, 0.3) is 5.91 Å². The monoisotopic (exact) mass is 369 g/mol. The molecule has 3 aromatic rings. The number of aromatic amines is 1. The number of fused-ring (bicyclic) bond motifs is 3. The number of hydrogen-bond acceptors (Lipinski definition) is 2. The number of aryl methyl sites for hydroxylation is 1. The molecule has 140 valence electrons. The van der Waals surface area contributed by atoms with Crippen molar-refractivity contribution in [1.82, 2.24) is 4.98 Å². The number of benzene rings is 2. The molecule has 0 spiro atoms. The van der Waals surface area contributed by atoms with E-state index in [2.05, 4.69) is 4.98 Å². The Labute approximate surface area is 155 Å². The largest absolute Gasteiger partial charge is 0.366 e. The topological polar surface area (TPSA) is 84.9 Å². The number of H-pyrrole nitrogens is 1. The second kappa shape index (κ2) is 6.46. The molecule has 0 aliphatic heterocycles. The molecule has 1 heterocycles. The molecular weight excluding hydrogens is 348 g/mol.